The van der Waals surface area contributed by atoms with Gasteiger partial charge in [0, 0.05) is 31.5 Å². The van der Waals surface area contributed by atoms with E-state index in [4.69, 9.17) is 0 Å². The van der Waals surface area contributed by atoms with Gasteiger partial charge in [-0.25, -0.2) is 4.39 Å². The van der Waals surface area contributed by atoms with Gasteiger partial charge in [0.25, 0.3) is 11.5 Å². The Kier molecular flexibility index (Phi) is 6.64. The van der Waals surface area contributed by atoms with Crippen molar-refractivity contribution in [2.75, 3.05) is 0 Å². The van der Waals surface area contributed by atoms with E-state index in [-0.39, 0.29) is 36.4 Å². The zero-order chi connectivity index (χ0) is 22.5. The van der Waals surface area contributed by atoms with Gasteiger partial charge in [-0.15, -0.1) is 0 Å². The fourth-order valence-electron chi connectivity index (χ4n) is 3.28. The normalized spacial score (nSPS) is 11.7. The summed E-state index contributed by atoms with van der Waals surface area (Å²) in [6.07, 6.45) is 3.29. The van der Waals surface area contributed by atoms with Crippen LogP contribution in [0.2, 0.25) is 0 Å². The van der Waals surface area contributed by atoms with Gasteiger partial charge < -0.3 is 15.2 Å². The third-order valence-corrected chi connectivity index (χ3v) is 4.84. The zero-order valence-electron chi connectivity index (χ0n) is 17.6. The van der Waals surface area contributed by atoms with E-state index >= 15 is 0 Å². The molecule has 1 aromatic carbocycles. The van der Waals surface area contributed by atoms with Gasteiger partial charge in [-0.3, -0.25) is 19.1 Å². The van der Waals surface area contributed by atoms with Gasteiger partial charge in [0.05, 0.1) is 11.7 Å². The summed E-state index contributed by atoms with van der Waals surface area (Å²) in [6.45, 7) is 3.62. The highest BCUT2D eigenvalue weighted by molar-refractivity contribution is 5.93. The quantitative estimate of drug-likeness (QED) is 0.604. The van der Waals surface area contributed by atoms with Crippen molar-refractivity contribution in [3.63, 3.8) is 0 Å². The third kappa shape index (κ3) is 5.44. The largest absolute Gasteiger partial charge is 0.348 e. The molecule has 9 heteroatoms. The number of hydrogen-bond donors (Lipinski definition) is 2. The van der Waals surface area contributed by atoms with E-state index in [1.54, 1.807) is 23.9 Å². The Morgan fingerprint density at radius 1 is 1.19 bits per heavy atom. The maximum Gasteiger partial charge on any atom is 0.263 e. The summed E-state index contributed by atoms with van der Waals surface area (Å²) in [5.41, 5.74) is 1.75. The number of nitrogens with zero attached hydrogens (tertiary/aromatic N) is 3. The van der Waals surface area contributed by atoms with E-state index in [9.17, 15) is 18.8 Å². The zero-order valence-corrected chi connectivity index (χ0v) is 17.6. The lowest BCUT2D eigenvalue weighted by molar-refractivity contribution is -0.122. The van der Waals surface area contributed by atoms with Crippen LogP contribution in [0.5, 0.6) is 0 Å². The molecule has 2 amide bonds. The van der Waals surface area contributed by atoms with Gasteiger partial charge in [-0.2, -0.15) is 5.10 Å². The molecule has 8 nitrogen and oxygen atoms in total. The highest BCUT2D eigenvalue weighted by Gasteiger charge is 2.17. The average molecular weight is 425 g/mol. The van der Waals surface area contributed by atoms with E-state index in [1.165, 1.54) is 35.0 Å². The molecule has 0 aliphatic heterocycles. The summed E-state index contributed by atoms with van der Waals surface area (Å²) in [6, 6.07) is 8.35. The molecular weight excluding hydrogens is 401 g/mol. The number of amides is 2. The third-order valence-electron chi connectivity index (χ3n) is 4.84. The molecule has 3 rings (SSSR count). The summed E-state index contributed by atoms with van der Waals surface area (Å²) in [5, 5.41) is 9.74. The number of benzene rings is 1. The summed E-state index contributed by atoms with van der Waals surface area (Å²) < 4.78 is 15.8. The van der Waals surface area contributed by atoms with Crippen molar-refractivity contribution in [1.82, 2.24) is 25.0 Å². The number of nitrogens with one attached hydrogen (secondary N) is 2. The maximum absolute atomic E-state index is 13.0. The van der Waals surface area contributed by atoms with E-state index in [1.807, 2.05) is 20.0 Å². The molecule has 2 heterocycles. The first kappa shape index (κ1) is 21.9. The Morgan fingerprint density at radius 2 is 1.90 bits per heavy atom. The van der Waals surface area contributed by atoms with E-state index in [0.717, 1.165) is 11.3 Å². The number of hydrogen-bond acceptors (Lipinski definition) is 4. The van der Waals surface area contributed by atoms with Gasteiger partial charge in [-0.05, 0) is 43.7 Å². The van der Waals surface area contributed by atoms with Crippen molar-refractivity contribution in [2.45, 2.75) is 33.0 Å². The van der Waals surface area contributed by atoms with Gasteiger partial charge in [0.15, 0.2) is 0 Å². The number of rotatable bonds is 7. The molecule has 3 aromatic rings. The molecule has 0 aliphatic carbocycles. The summed E-state index contributed by atoms with van der Waals surface area (Å²) in [7, 11) is 1.80. The van der Waals surface area contributed by atoms with Gasteiger partial charge in [0.1, 0.15) is 17.9 Å². The number of pyridine rings is 1. The van der Waals surface area contributed by atoms with Crippen LogP contribution in [0, 0.1) is 12.7 Å². The fraction of sp³-hybridized carbons (Fsp3) is 0.273. The first-order valence-corrected chi connectivity index (χ1v) is 9.76. The minimum absolute atomic E-state index is 0.0754. The Balaban J connectivity index is 1.64. The highest BCUT2D eigenvalue weighted by Crippen LogP contribution is 2.15. The lowest BCUT2D eigenvalue weighted by Gasteiger charge is -2.14. The van der Waals surface area contributed by atoms with Gasteiger partial charge in [-0.1, -0.05) is 12.1 Å². The Morgan fingerprint density at radius 3 is 2.55 bits per heavy atom. The van der Waals surface area contributed by atoms with Crippen LogP contribution in [0.25, 0.3) is 0 Å². The Labute approximate surface area is 178 Å². The first-order valence-electron chi connectivity index (χ1n) is 9.76. The molecule has 31 heavy (non-hydrogen) atoms. The molecule has 0 spiro atoms. The monoisotopic (exact) mass is 425 g/mol. The fourth-order valence-corrected chi connectivity index (χ4v) is 3.28. The number of aromatic nitrogens is 3. The summed E-state index contributed by atoms with van der Waals surface area (Å²) in [4.78, 5) is 37.6. The molecule has 0 fully saturated rings. The molecule has 0 unspecified atom stereocenters. The molecule has 162 valence electrons. The van der Waals surface area contributed by atoms with E-state index in [0.29, 0.717) is 5.56 Å². The average Bonchev–Trinajstić information content (AvgIpc) is 3.07. The summed E-state index contributed by atoms with van der Waals surface area (Å²) >= 11 is 0. The molecule has 2 aromatic heterocycles. The standard InChI is InChI=1S/C22H24FN5O3/c1-14(19-12-27(3)26-15(19)2)25-20(29)13-28-10-4-5-18(22(28)31)21(30)24-11-16-6-8-17(23)9-7-16/h4-10,12,14H,11,13H2,1-3H3,(H,24,30)(H,25,29)/t14-/m0/s1. The van der Waals surface area contributed by atoms with Crippen LogP contribution in [0.4, 0.5) is 4.39 Å². The minimum atomic E-state index is -0.570. The predicted molar refractivity (Wildman–Crippen MR) is 113 cm³/mol. The lowest BCUT2D eigenvalue weighted by Crippen LogP contribution is -2.37. The van der Waals surface area contributed by atoms with E-state index < -0.39 is 11.5 Å². The smallest absolute Gasteiger partial charge is 0.263 e. The number of carbonyl (C=O) groups is 2. The van der Waals surface area contributed by atoms with Crippen LogP contribution in [0.1, 0.15) is 40.1 Å². The van der Waals surface area contributed by atoms with Gasteiger partial charge in [0.2, 0.25) is 5.91 Å². The van der Waals surface area contributed by atoms with Crippen LogP contribution in [0.3, 0.4) is 0 Å². The molecule has 0 radical (unpaired) electrons. The van der Waals surface area contributed by atoms with E-state index in [2.05, 4.69) is 15.7 Å². The molecule has 0 aliphatic rings. The molecule has 0 saturated heterocycles. The highest BCUT2D eigenvalue weighted by atomic mass is 19.1. The van der Waals surface area contributed by atoms with Crippen LogP contribution < -0.4 is 16.2 Å². The maximum atomic E-state index is 13.0. The van der Waals surface area contributed by atoms with Crippen molar-refractivity contribution < 1.29 is 14.0 Å². The first-order chi connectivity index (χ1) is 14.7. The van der Waals surface area contributed by atoms with Gasteiger partial charge >= 0.3 is 0 Å². The lowest BCUT2D eigenvalue weighted by atomic mass is 10.1. The van der Waals surface area contributed by atoms with Crippen molar-refractivity contribution in [2.24, 2.45) is 7.05 Å². The van der Waals surface area contributed by atoms with Crippen LogP contribution in [-0.2, 0) is 24.9 Å². The van der Waals surface area contributed by atoms with Crippen LogP contribution >= 0.6 is 0 Å². The second-order valence-electron chi connectivity index (χ2n) is 7.30. The second-order valence-corrected chi connectivity index (χ2v) is 7.30. The molecule has 1 atom stereocenters. The number of halogens is 1. The van der Waals surface area contributed by atoms with Crippen molar-refractivity contribution in [3.05, 3.63) is 87.3 Å². The molecule has 0 bridgehead atoms. The Hall–Kier alpha value is -3.75. The van der Waals surface area contributed by atoms with Crippen LogP contribution in [0.15, 0.2) is 53.6 Å². The number of aryl methyl sites for hydroxylation is 2. The number of carbonyl (C=O) groups excluding carboxylic acids is 2. The minimum Gasteiger partial charge on any atom is -0.348 e. The SMILES string of the molecule is Cc1nn(C)cc1[C@H](C)NC(=O)Cn1cccc(C(=O)NCc2ccc(F)cc2)c1=O. The van der Waals surface area contributed by atoms with Crippen molar-refractivity contribution >= 4 is 11.8 Å². The van der Waals surface area contributed by atoms with Crippen LogP contribution in [-0.4, -0.2) is 26.2 Å². The van der Waals surface area contributed by atoms with Crippen molar-refractivity contribution in [1.29, 1.82) is 0 Å². The molecular formula is C22H24FN5O3. The topological polar surface area (TPSA) is 98.0 Å². The predicted octanol–water partition coefficient (Wildman–Crippen LogP) is 1.84. The molecule has 0 saturated carbocycles. The van der Waals surface area contributed by atoms with Crippen molar-refractivity contribution in [3.8, 4) is 0 Å². The second kappa shape index (κ2) is 9.38. The molecule has 2 N–H and O–H groups in total. The Bertz CT molecular complexity index is 1150. The summed E-state index contributed by atoms with van der Waals surface area (Å²) in [5.74, 6) is -1.29.